The third kappa shape index (κ3) is 6.08. The van der Waals surface area contributed by atoms with Gasteiger partial charge in [-0.05, 0) is 72.5 Å². The van der Waals surface area contributed by atoms with Crippen LogP contribution in [0.1, 0.15) is 15.9 Å². The van der Waals surface area contributed by atoms with E-state index in [-0.39, 0.29) is 15.5 Å². The van der Waals surface area contributed by atoms with Crippen molar-refractivity contribution in [2.75, 3.05) is 16.6 Å². The number of aromatic hydroxyl groups is 1. The molecule has 0 saturated heterocycles. The van der Waals surface area contributed by atoms with Crippen molar-refractivity contribution < 1.29 is 27.9 Å². The summed E-state index contributed by atoms with van der Waals surface area (Å²) in [6.45, 7) is 1.45. The van der Waals surface area contributed by atoms with E-state index in [1.165, 1.54) is 23.8 Å². The third-order valence-electron chi connectivity index (χ3n) is 5.52. The van der Waals surface area contributed by atoms with E-state index >= 15 is 0 Å². The van der Waals surface area contributed by atoms with Crippen LogP contribution in [0.5, 0.6) is 5.75 Å². The summed E-state index contributed by atoms with van der Waals surface area (Å²) in [5, 5.41) is 15.4. The molecule has 2 heterocycles. The van der Waals surface area contributed by atoms with Gasteiger partial charge in [-0.15, -0.1) is 22.7 Å². The molecule has 0 bridgehead atoms. The number of carbonyl (C=O) groups is 2. The molecule has 0 fully saturated rings. The number of benzene rings is 3. The first-order valence-electron chi connectivity index (χ1n) is 11.5. The van der Waals surface area contributed by atoms with Crippen LogP contribution in [0.4, 0.5) is 11.4 Å². The molecule has 0 saturated carbocycles. The molecule has 0 radical (unpaired) electrons. The van der Waals surface area contributed by atoms with E-state index < -0.39 is 34.3 Å². The number of nitrogens with one attached hydrogen (secondary N) is 2. The number of amides is 1. The summed E-state index contributed by atoms with van der Waals surface area (Å²) in [6.07, 6.45) is 0. The quantitative estimate of drug-likeness (QED) is 0.203. The fourth-order valence-electron chi connectivity index (χ4n) is 3.65. The fraction of sp³-hybridized carbons (Fsp3) is 0.0741. The lowest BCUT2D eigenvalue weighted by atomic mass is 10.2. The summed E-state index contributed by atoms with van der Waals surface area (Å²) in [7, 11) is -3.81. The van der Waals surface area contributed by atoms with Crippen molar-refractivity contribution in [3.63, 3.8) is 0 Å². The number of aromatic nitrogens is 1. The van der Waals surface area contributed by atoms with Crippen LogP contribution in [0.3, 0.4) is 0 Å². The lowest BCUT2D eigenvalue weighted by Gasteiger charge is -2.10. The highest BCUT2D eigenvalue weighted by atomic mass is 32.2. The van der Waals surface area contributed by atoms with E-state index in [1.807, 2.05) is 31.2 Å². The van der Waals surface area contributed by atoms with Crippen LogP contribution in [-0.4, -0.2) is 37.0 Å². The normalized spacial score (nSPS) is 11.3. The molecule has 5 rings (SSSR count). The van der Waals surface area contributed by atoms with Crippen molar-refractivity contribution in [2.45, 2.75) is 11.1 Å². The first-order chi connectivity index (χ1) is 18.7. The minimum Gasteiger partial charge on any atom is -0.507 e. The number of rotatable bonds is 8. The van der Waals surface area contributed by atoms with Gasteiger partial charge in [0.05, 0.1) is 15.9 Å². The van der Waals surface area contributed by atoms with Gasteiger partial charge in [-0.1, -0.05) is 12.1 Å². The molecule has 0 aliphatic heterocycles. The van der Waals surface area contributed by atoms with Gasteiger partial charge in [0.2, 0.25) is 0 Å². The maximum Gasteiger partial charge on any atom is 0.342 e. The number of esters is 1. The van der Waals surface area contributed by atoms with Crippen LogP contribution in [0.15, 0.2) is 82.4 Å². The van der Waals surface area contributed by atoms with E-state index in [4.69, 9.17) is 4.74 Å². The Morgan fingerprint density at radius 3 is 2.49 bits per heavy atom. The molecule has 9 nitrogen and oxygen atoms in total. The van der Waals surface area contributed by atoms with Crippen molar-refractivity contribution in [2.24, 2.45) is 0 Å². The van der Waals surface area contributed by atoms with E-state index in [9.17, 15) is 23.1 Å². The molecule has 12 heteroatoms. The second-order valence-electron chi connectivity index (χ2n) is 8.46. The number of aryl methyl sites for hydroxylation is 1. The molecule has 39 heavy (non-hydrogen) atoms. The zero-order chi connectivity index (χ0) is 27.6. The Morgan fingerprint density at radius 2 is 1.77 bits per heavy atom. The van der Waals surface area contributed by atoms with Gasteiger partial charge < -0.3 is 15.2 Å². The number of hydrogen-bond acceptors (Lipinski definition) is 9. The largest absolute Gasteiger partial charge is 0.507 e. The van der Waals surface area contributed by atoms with Crippen LogP contribution in [0, 0.1) is 6.92 Å². The maximum absolute atomic E-state index is 12.4. The first-order valence-corrected chi connectivity index (χ1v) is 14.7. The zero-order valence-corrected chi connectivity index (χ0v) is 22.8. The Hall–Kier alpha value is -4.26. The number of ether oxygens (including phenoxy) is 1. The molecule has 2 aromatic heterocycles. The molecular weight excluding hydrogens is 559 g/mol. The second kappa shape index (κ2) is 10.8. The first kappa shape index (κ1) is 26.4. The Balaban J connectivity index is 1.16. The molecule has 0 spiro atoms. The number of hydrogen-bond donors (Lipinski definition) is 3. The summed E-state index contributed by atoms with van der Waals surface area (Å²) in [4.78, 5) is 29.4. The number of nitrogens with zero attached hydrogens (tertiary/aromatic N) is 1. The minimum atomic E-state index is -3.81. The fourth-order valence-corrected chi connectivity index (χ4v) is 6.76. The number of carbonyl (C=O) groups excluding carboxylic acids is 2. The lowest BCUT2D eigenvalue weighted by molar-refractivity contribution is -0.119. The Labute approximate surface area is 231 Å². The van der Waals surface area contributed by atoms with Gasteiger partial charge in [-0.2, -0.15) is 0 Å². The van der Waals surface area contributed by atoms with Crippen LogP contribution < -0.4 is 10.0 Å². The lowest BCUT2D eigenvalue weighted by Crippen LogP contribution is -2.21. The van der Waals surface area contributed by atoms with E-state index in [2.05, 4.69) is 21.1 Å². The topological polar surface area (TPSA) is 135 Å². The molecule has 0 atom stereocenters. The van der Waals surface area contributed by atoms with Crippen molar-refractivity contribution in [3.05, 3.63) is 89.3 Å². The van der Waals surface area contributed by atoms with Gasteiger partial charge in [0.15, 0.2) is 6.61 Å². The molecule has 0 aliphatic carbocycles. The Bertz CT molecular complexity index is 1780. The highest BCUT2D eigenvalue weighted by Gasteiger charge is 2.19. The maximum atomic E-state index is 12.4. The predicted molar refractivity (Wildman–Crippen MR) is 152 cm³/mol. The molecule has 0 unspecified atom stereocenters. The number of phenols is 1. The number of fused-ring (bicyclic) bond motifs is 1. The predicted octanol–water partition coefficient (Wildman–Crippen LogP) is 5.64. The molecular formula is C27H21N3O6S3. The van der Waals surface area contributed by atoms with Crippen LogP contribution >= 0.6 is 22.7 Å². The van der Waals surface area contributed by atoms with E-state index in [1.54, 1.807) is 34.9 Å². The summed E-state index contributed by atoms with van der Waals surface area (Å²) in [5.74, 6) is -1.99. The van der Waals surface area contributed by atoms with Crippen LogP contribution in [0.2, 0.25) is 0 Å². The zero-order valence-electron chi connectivity index (χ0n) is 20.4. The molecule has 5 aromatic rings. The smallest absolute Gasteiger partial charge is 0.342 e. The Kier molecular flexibility index (Phi) is 7.33. The highest BCUT2D eigenvalue weighted by Crippen LogP contribution is 2.31. The van der Waals surface area contributed by atoms with Crippen molar-refractivity contribution in [1.29, 1.82) is 0 Å². The number of thiazole rings is 1. The third-order valence-corrected chi connectivity index (χ3v) is 9.37. The number of thiophene rings is 1. The summed E-state index contributed by atoms with van der Waals surface area (Å²) in [5.41, 5.74) is 3.38. The van der Waals surface area contributed by atoms with Gasteiger partial charge in [-0.3, -0.25) is 9.52 Å². The summed E-state index contributed by atoms with van der Waals surface area (Å²) < 4.78 is 33.2. The average Bonchev–Trinajstić information content (AvgIpc) is 3.58. The molecule has 198 valence electrons. The van der Waals surface area contributed by atoms with Crippen molar-refractivity contribution >= 4 is 66.2 Å². The Morgan fingerprint density at radius 1 is 1.00 bits per heavy atom. The van der Waals surface area contributed by atoms with Crippen molar-refractivity contribution in [3.8, 4) is 16.3 Å². The van der Waals surface area contributed by atoms with Crippen molar-refractivity contribution in [1.82, 2.24) is 4.98 Å². The standard InChI is InChI=1S/C27H21N3O6S3/c1-16-4-11-21-23(13-16)38-26(29-21)17-5-7-18(8-6-17)28-24(32)15-36-27(33)20-10-9-19(14-22(20)31)30-39(34,35)25-3-2-12-37-25/h2-14,30-31H,15H2,1H3,(H,28,32). The van der Waals surface area contributed by atoms with E-state index in [0.29, 0.717) is 5.69 Å². The number of sulfonamides is 1. The number of anilines is 2. The summed E-state index contributed by atoms with van der Waals surface area (Å²) >= 11 is 2.63. The average molecular weight is 580 g/mol. The number of phenolic OH excluding ortho intramolecular Hbond substituents is 1. The van der Waals surface area contributed by atoms with E-state index in [0.717, 1.165) is 38.2 Å². The van der Waals surface area contributed by atoms with Gasteiger partial charge >= 0.3 is 5.97 Å². The highest BCUT2D eigenvalue weighted by molar-refractivity contribution is 7.94. The van der Waals surface area contributed by atoms with Gasteiger partial charge in [-0.25, -0.2) is 18.2 Å². The van der Waals surface area contributed by atoms with Gasteiger partial charge in [0.1, 0.15) is 20.5 Å². The van der Waals surface area contributed by atoms with Gasteiger partial charge in [0.25, 0.3) is 15.9 Å². The molecule has 1 amide bonds. The monoisotopic (exact) mass is 579 g/mol. The summed E-state index contributed by atoms with van der Waals surface area (Å²) in [6, 6.07) is 19.9. The molecule has 3 aromatic carbocycles. The van der Waals surface area contributed by atoms with Crippen LogP contribution in [-0.2, 0) is 19.6 Å². The van der Waals surface area contributed by atoms with Gasteiger partial charge in [0, 0.05) is 17.3 Å². The minimum absolute atomic E-state index is 0.0691. The SMILES string of the molecule is Cc1ccc2nc(-c3ccc(NC(=O)COC(=O)c4ccc(NS(=O)(=O)c5cccs5)cc4O)cc3)sc2c1. The van der Waals surface area contributed by atoms with Crippen LogP contribution in [0.25, 0.3) is 20.8 Å². The molecule has 0 aliphatic rings. The molecule has 3 N–H and O–H groups in total. The second-order valence-corrected chi connectivity index (χ2v) is 12.3.